The number of piperidine rings is 1. The molecule has 23 heavy (non-hydrogen) atoms. The molecule has 3 heterocycles. The number of aromatic nitrogens is 1. The van der Waals surface area contributed by atoms with E-state index in [0.717, 1.165) is 17.8 Å². The maximum Gasteiger partial charge on any atom is 0.322 e. The molecular formula is C16H16N4O2S. The Hall–Kier alpha value is -2.59. The molecule has 7 heteroatoms. The molecule has 3 rings (SSSR count). The van der Waals surface area contributed by atoms with Gasteiger partial charge in [-0.25, -0.2) is 9.78 Å². The van der Waals surface area contributed by atoms with Crippen molar-refractivity contribution in [2.24, 2.45) is 0 Å². The zero-order chi connectivity index (χ0) is 16.1. The molecule has 0 radical (unpaired) electrons. The maximum atomic E-state index is 12.3. The van der Waals surface area contributed by atoms with Gasteiger partial charge in [-0.3, -0.25) is 5.32 Å². The standard InChI is InChI=1S/C16H16N4O2S/c17-10-12-5-6-18-14(9-12)22-13-3-1-7-20(11-13)16(21)19-15-4-2-8-23-15/h2,4-6,8-9,13H,1,3,7,11H2,(H,19,21)/t13-/m1/s1. The molecule has 118 valence electrons. The third-order valence-corrected chi connectivity index (χ3v) is 4.35. The Balaban J connectivity index is 1.59. The highest BCUT2D eigenvalue weighted by Gasteiger charge is 2.25. The molecule has 1 fully saturated rings. The molecule has 1 aliphatic heterocycles. The molecule has 0 saturated carbocycles. The minimum atomic E-state index is -0.112. The van der Waals surface area contributed by atoms with Gasteiger partial charge < -0.3 is 9.64 Å². The zero-order valence-electron chi connectivity index (χ0n) is 12.4. The molecular weight excluding hydrogens is 312 g/mol. The predicted octanol–water partition coefficient (Wildman–Crippen LogP) is 3.09. The van der Waals surface area contributed by atoms with Gasteiger partial charge in [0.25, 0.3) is 0 Å². The summed E-state index contributed by atoms with van der Waals surface area (Å²) in [5.41, 5.74) is 0.512. The third-order valence-electron chi connectivity index (χ3n) is 3.57. The van der Waals surface area contributed by atoms with Crippen molar-refractivity contribution in [2.75, 3.05) is 18.4 Å². The second-order valence-corrected chi connectivity index (χ2v) is 6.18. The van der Waals surface area contributed by atoms with Crippen LogP contribution in [0.25, 0.3) is 0 Å². The van der Waals surface area contributed by atoms with Crippen LogP contribution in [0.15, 0.2) is 35.8 Å². The summed E-state index contributed by atoms with van der Waals surface area (Å²) in [6, 6.07) is 8.97. The number of carbonyl (C=O) groups is 1. The number of amides is 2. The van der Waals surface area contributed by atoms with Crippen LogP contribution in [-0.4, -0.2) is 35.1 Å². The van der Waals surface area contributed by atoms with E-state index in [-0.39, 0.29) is 12.1 Å². The molecule has 0 aliphatic carbocycles. The van der Waals surface area contributed by atoms with E-state index < -0.39 is 0 Å². The number of urea groups is 1. The number of anilines is 1. The average Bonchev–Trinajstić information content (AvgIpc) is 3.08. The lowest BCUT2D eigenvalue weighted by atomic mass is 10.1. The summed E-state index contributed by atoms with van der Waals surface area (Å²) in [5, 5.41) is 14.6. The molecule has 6 nitrogen and oxygen atoms in total. The molecule has 0 bridgehead atoms. The first-order valence-corrected chi connectivity index (χ1v) is 8.25. The maximum absolute atomic E-state index is 12.3. The first kappa shape index (κ1) is 15.3. The Morgan fingerprint density at radius 1 is 1.52 bits per heavy atom. The third kappa shape index (κ3) is 3.99. The van der Waals surface area contributed by atoms with E-state index >= 15 is 0 Å². The van der Waals surface area contributed by atoms with E-state index in [1.54, 1.807) is 23.2 Å². The van der Waals surface area contributed by atoms with Crippen molar-refractivity contribution in [3.05, 3.63) is 41.4 Å². The number of nitrogens with zero attached hydrogens (tertiary/aromatic N) is 3. The highest BCUT2D eigenvalue weighted by atomic mass is 32.1. The number of carbonyl (C=O) groups excluding carboxylic acids is 1. The molecule has 2 aromatic rings. The number of hydrogen-bond donors (Lipinski definition) is 1. The number of nitriles is 1. The summed E-state index contributed by atoms with van der Waals surface area (Å²) in [4.78, 5) is 18.1. The van der Waals surface area contributed by atoms with Crippen molar-refractivity contribution in [1.29, 1.82) is 5.26 Å². The monoisotopic (exact) mass is 328 g/mol. The Kier molecular flexibility index (Phi) is 4.74. The number of nitrogens with one attached hydrogen (secondary N) is 1. The molecule has 0 unspecified atom stereocenters. The van der Waals surface area contributed by atoms with Crippen molar-refractivity contribution in [1.82, 2.24) is 9.88 Å². The van der Waals surface area contributed by atoms with Crippen LogP contribution in [0.4, 0.5) is 9.80 Å². The zero-order valence-corrected chi connectivity index (χ0v) is 13.3. The predicted molar refractivity (Wildman–Crippen MR) is 87.5 cm³/mol. The molecule has 2 amide bonds. The van der Waals surface area contributed by atoms with Gasteiger partial charge in [0.1, 0.15) is 6.10 Å². The van der Waals surface area contributed by atoms with E-state index in [2.05, 4.69) is 16.4 Å². The first-order chi connectivity index (χ1) is 11.2. The number of likely N-dealkylation sites (tertiary alicyclic amines) is 1. The van der Waals surface area contributed by atoms with Gasteiger partial charge >= 0.3 is 6.03 Å². The van der Waals surface area contributed by atoms with E-state index in [4.69, 9.17) is 10.00 Å². The van der Waals surface area contributed by atoms with Crippen molar-refractivity contribution in [2.45, 2.75) is 18.9 Å². The van der Waals surface area contributed by atoms with Gasteiger partial charge in [0.2, 0.25) is 5.88 Å². The topological polar surface area (TPSA) is 78.2 Å². The van der Waals surface area contributed by atoms with Crippen LogP contribution < -0.4 is 10.1 Å². The van der Waals surface area contributed by atoms with Gasteiger partial charge in [-0.15, -0.1) is 11.3 Å². The minimum absolute atomic E-state index is 0.112. The van der Waals surface area contributed by atoms with Crippen molar-refractivity contribution >= 4 is 22.4 Å². The molecule has 0 spiro atoms. The minimum Gasteiger partial charge on any atom is -0.472 e. The summed E-state index contributed by atoms with van der Waals surface area (Å²) < 4.78 is 5.83. The molecule has 1 aliphatic rings. The fourth-order valence-electron chi connectivity index (χ4n) is 2.47. The summed E-state index contributed by atoms with van der Waals surface area (Å²) in [7, 11) is 0. The number of pyridine rings is 1. The van der Waals surface area contributed by atoms with Crippen LogP contribution >= 0.6 is 11.3 Å². The number of ether oxygens (including phenoxy) is 1. The van der Waals surface area contributed by atoms with E-state index in [1.807, 2.05) is 17.5 Å². The quantitative estimate of drug-likeness (QED) is 0.939. The SMILES string of the molecule is N#Cc1ccnc(O[C@@H]2CCCN(C(=O)Nc3cccs3)C2)c1. The second kappa shape index (κ2) is 7.11. The van der Waals surface area contributed by atoms with Crippen LogP contribution in [0.3, 0.4) is 0 Å². The lowest BCUT2D eigenvalue weighted by Gasteiger charge is -2.32. The molecule has 1 N–H and O–H groups in total. The van der Waals surface area contributed by atoms with Gasteiger partial charge in [0.05, 0.1) is 23.2 Å². The molecule has 0 aromatic carbocycles. The lowest BCUT2D eigenvalue weighted by molar-refractivity contribution is 0.102. The fourth-order valence-corrected chi connectivity index (χ4v) is 3.07. The van der Waals surface area contributed by atoms with Gasteiger partial charge in [-0.2, -0.15) is 5.26 Å². The van der Waals surface area contributed by atoms with Crippen LogP contribution in [0, 0.1) is 11.3 Å². The second-order valence-electron chi connectivity index (χ2n) is 5.23. The van der Waals surface area contributed by atoms with E-state index in [0.29, 0.717) is 24.5 Å². The highest BCUT2D eigenvalue weighted by Crippen LogP contribution is 2.20. The van der Waals surface area contributed by atoms with Crippen molar-refractivity contribution in [3.63, 3.8) is 0 Å². The molecule has 1 atom stereocenters. The number of thiophene rings is 1. The van der Waals surface area contributed by atoms with E-state index in [1.165, 1.54) is 11.3 Å². The molecule has 2 aromatic heterocycles. The van der Waals surface area contributed by atoms with Crippen LogP contribution in [0.1, 0.15) is 18.4 Å². The summed E-state index contributed by atoms with van der Waals surface area (Å²) in [5.74, 6) is 0.426. The summed E-state index contributed by atoms with van der Waals surface area (Å²) in [6.07, 6.45) is 3.18. The largest absolute Gasteiger partial charge is 0.472 e. The Labute approximate surface area is 138 Å². The first-order valence-electron chi connectivity index (χ1n) is 7.37. The highest BCUT2D eigenvalue weighted by molar-refractivity contribution is 7.14. The number of rotatable bonds is 3. The summed E-state index contributed by atoms with van der Waals surface area (Å²) >= 11 is 1.49. The Bertz CT molecular complexity index is 711. The smallest absolute Gasteiger partial charge is 0.322 e. The lowest BCUT2D eigenvalue weighted by Crippen LogP contribution is -2.46. The van der Waals surface area contributed by atoms with E-state index in [9.17, 15) is 4.79 Å². The normalized spacial score (nSPS) is 17.3. The Morgan fingerprint density at radius 3 is 3.22 bits per heavy atom. The summed E-state index contributed by atoms with van der Waals surface area (Å²) in [6.45, 7) is 1.22. The van der Waals surface area contributed by atoms with Crippen LogP contribution in [0.5, 0.6) is 5.88 Å². The van der Waals surface area contributed by atoms with Gasteiger partial charge in [-0.1, -0.05) is 0 Å². The fraction of sp³-hybridized carbons (Fsp3) is 0.312. The van der Waals surface area contributed by atoms with Gasteiger partial charge in [-0.05, 0) is 36.4 Å². The van der Waals surface area contributed by atoms with Crippen molar-refractivity contribution < 1.29 is 9.53 Å². The van der Waals surface area contributed by atoms with Crippen LogP contribution in [0.2, 0.25) is 0 Å². The van der Waals surface area contributed by atoms with Crippen LogP contribution in [-0.2, 0) is 0 Å². The number of hydrogen-bond acceptors (Lipinski definition) is 5. The van der Waals surface area contributed by atoms with Gasteiger partial charge in [0, 0.05) is 18.8 Å². The van der Waals surface area contributed by atoms with Gasteiger partial charge in [0.15, 0.2) is 0 Å². The molecule has 1 saturated heterocycles. The average molecular weight is 328 g/mol. The Morgan fingerprint density at radius 2 is 2.43 bits per heavy atom. The van der Waals surface area contributed by atoms with Crippen molar-refractivity contribution in [3.8, 4) is 11.9 Å².